The molecule has 1 fully saturated rings. The van der Waals surface area contributed by atoms with E-state index in [0.717, 1.165) is 31.4 Å². The van der Waals surface area contributed by atoms with Crippen molar-refractivity contribution in [3.63, 3.8) is 0 Å². The van der Waals surface area contributed by atoms with Crippen LogP contribution in [0.3, 0.4) is 0 Å². The van der Waals surface area contributed by atoms with Crippen molar-refractivity contribution in [2.45, 2.75) is 57.8 Å². The molecule has 1 aliphatic rings. The molecule has 0 radical (unpaired) electrons. The van der Waals surface area contributed by atoms with E-state index in [4.69, 9.17) is 0 Å². The summed E-state index contributed by atoms with van der Waals surface area (Å²) in [6.07, 6.45) is 10.0. The molecule has 0 N–H and O–H groups in total. The third kappa shape index (κ3) is 4.94. The lowest BCUT2D eigenvalue weighted by molar-refractivity contribution is -0.485. The smallest absolute Gasteiger partial charge is 0.190 e. The number of nitro groups is 1. The highest BCUT2D eigenvalue weighted by molar-refractivity contribution is 5.83. The molecule has 0 spiro atoms. The molecule has 0 aromatic rings. The van der Waals surface area contributed by atoms with Crippen LogP contribution in [0.5, 0.6) is 0 Å². The van der Waals surface area contributed by atoms with Gasteiger partial charge in [-0.1, -0.05) is 32.1 Å². The molecule has 4 heteroatoms. The van der Waals surface area contributed by atoms with Crippen molar-refractivity contribution in [3.05, 3.63) is 10.1 Å². The SMILES string of the molecule is O=[N+]([O-])N=C1CCCCCCCCC1. The number of rotatable bonds is 1. The van der Waals surface area contributed by atoms with E-state index in [9.17, 15) is 10.1 Å². The van der Waals surface area contributed by atoms with E-state index in [0.29, 0.717) is 0 Å². The Morgan fingerprint density at radius 2 is 1.36 bits per heavy atom. The first kappa shape index (κ1) is 11.1. The van der Waals surface area contributed by atoms with Crippen LogP contribution < -0.4 is 0 Å². The summed E-state index contributed by atoms with van der Waals surface area (Å²) in [6, 6.07) is 0. The Morgan fingerprint density at radius 1 is 0.929 bits per heavy atom. The average molecular weight is 198 g/mol. The van der Waals surface area contributed by atoms with Gasteiger partial charge >= 0.3 is 0 Å². The van der Waals surface area contributed by atoms with Crippen LogP contribution >= 0.6 is 0 Å². The molecule has 0 aromatic heterocycles. The maximum atomic E-state index is 10.2. The first-order valence-corrected chi connectivity index (χ1v) is 5.50. The Morgan fingerprint density at radius 3 is 1.79 bits per heavy atom. The molecule has 80 valence electrons. The Kier molecular flexibility index (Phi) is 5.19. The van der Waals surface area contributed by atoms with Crippen LogP contribution in [0.25, 0.3) is 0 Å². The van der Waals surface area contributed by atoms with Crippen molar-refractivity contribution in [2.24, 2.45) is 5.10 Å². The van der Waals surface area contributed by atoms with Crippen molar-refractivity contribution in [2.75, 3.05) is 0 Å². The quantitative estimate of drug-likeness (QED) is 0.480. The van der Waals surface area contributed by atoms with E-state index in [1.807, 2.05) is 0 Å². The van der Waals surface area contributed by atoms with Crippen molar-refractivity contribution >= 4 is 5.71 Å². The Hall–Kier alpha value is -0.930. The molecule has 1 aliphatic carbocycles. The second-order valence-electron chi connectivity index (χ2n) is 3.88. The fraction of sp³-hybridized carbons (Fsp3) is 0.900. The molecule has 0 atom stereocenters. The minimum atomic E-state index is -0.554. The maximum absolute atomic E-state index is 10.2. The summed E-state index contributed by atoms with van der Waals surface area (Å²) >= 11 is 0. The molecule has 0 aliphatic heterocycles. The normalized spacial score (nSPS) is 20.1. The Balaban J connectivity index is 2.42. The summed E-state index contributed by atoms with van der Waals surface area (Å²) in [5.41, 5.74) is 0.789. The minimum absolute atomic E-state index is 0.554. The molecule has 0 unspecified atom stereocenters. The van der Waals surface area contributed by atoms with E-state index in [1.54, 1.807) is 0 Å². The van der Waals surface area contributed by atoms with Gasteiger partial charge in [0.2, 0.25) is 0 Å². The highest BCUT2D eigenvalue weighted by Gasteiger charge is 2.07. The van der Waals surface area contributed by atoms with Crippen LogP contribution in [-0.2, 0) is 0 Å². The standard InChI is InChI=1S/C10H18N2O2/c13-12(14)11-10-8-6-4-2-1-3-5-7-9-10/h1-9H2. The number of hydrogen-bond acceptors (Lipinski definition) is 2. The zero-order valence-electron chi connectivity index (χ0n) is 8.57. The topological polar surface area (TPSA) is 55.5 Å². The van der Waals surface area contributed by atoms with Gasteiger partial charge in [-0.2, -0.15) is 0 Å². The summed E-state index contributed by atoms with van der Waals surface area (Å²) in [5.74, 6) is 0. The third-order valence-electron chi connectivity index (χ3n) is 2.65. The molecule has 14 heavy (non-hydrogen) atoms. The zero-order chi connectivity index (χ0) is 10.2. The lowest BCUT2D eigenvalue weighted by Gasteiger charge is -2.07. The monoisotopic (exact) mass is 198 g/mol. The molecule has 4 nitrogen and oxygen atoms in total. The lowest BCUT2D eigenvalue weighted by Crippen LogP contribution is -2.03. The van der Waals surface area contributed by atoms with Crippen molar-refractivity contribution in [1.29, 1.82) is 0 Å². The van der Waals surface area contributed by atoms with Crippen LogP contribution in [0.1, 0.15) is 57.8 Å². The van der Waals surface area contributed by atoms with Gasteiger partial charge in [0.15, 0.2) is 5.03 Å². The summed E-state index contributed by atoms with van der Waals surface area (Å²) in [5, 5.41) is 13.1. The third-order valence-corrected chi connectivity index (χ3v) is 2.65. The molecule has 0 aromatic carbocycles. The predicted octanol–water partition coefficient (Wildman–Crippen LogP) is 3.14. The highest BCUT2D eigenvalue weighted by Crippen LogP contribution is 2.15. The van der Waals surface area contributed by atoms with Gasteiger partial charge in [-0.25, -0.2) is 10.1 Å². The van der Waals surface area contributed by atoms with E-state index in [-0.39, 0.29) is 0 Å². The molecule has 0 bridgehead atoms. The number of hydrogen-bond donors (Lipinski definition) is 0. The van der Waals surface area contributed by atoms with Gasteiger partial charge in [-0.05, 0) is 25.7 Å². The van der Waals surface area contributed by atoms with Crippen molar-refractivity contribution in [3.8, 4) is 0 Å². The number of hydrazone groups is 1. The largest absolute Gasteiger partial charge is 0.233 e. The average Bonchev–Trinajstić information content (AvgIpc) is 2.15. The van der Waals surface area contributed by atoms with Crippen LogP contribution in [-0.4, -0.2) is 10.7 Å². The highest BCUT2D eigenvalue weighted by atomic mass is 16.7. The molecule has 0 amide bonds. The fourth-order valence-corrected chi connectivity index (χ4v) is 1.88. The van der Waals surface area contributed by atoms with Crippen LogP contribution in [0.2, 0.25) is 0 Å². The fourth-order valence-electron chi connectivity index (χ4n) is 1.88. The van der Waals surface area contributed by atoms with Gasteiger partial charge in [-0.3, -0.25) is 0 Å². The van der Waals surface area contributed by atoms with Gasteiger partial charge < -0.3 is 0 Å². The first-order valence-electron chi connectivity index (χ1n) is 5.50. The zero-order valence-corrected chi connectivity index (χ0v) is 8.57. The minimum Gasteiger partial charge on any atom is -0.233 e. The summed E-state index contributed by atoms with van der Waals surface area (Å²) in [7, 11) is 0. The van der Waals surface area contributed by atoms with Gasteiger partial charge in [0.1, 0.15) is 0 Å². The second-order valence-corrected chi connectivity index (χ2v) is 3.88. The Labute approximate surface area is 84.5 Å². The summed E-state index contributed by atoms with van der Waals surface area (Å²) in [4.78, 5) is 10.2. The van der Waals surface area contributed by atoms with Crippen molar-refractivity contribution < 1.29 is 5.03 Å². The molecular weight excluding hydrogens is 180 g/mol. The van der Waals surface area contributed by atoms with Gasteiger partial charge in [-0.15, -0.1) is 0 Å². The number of nitrogens with zero attached hydrogens (tertiary/aromatic N) is 2. The van der Waals surface area contributed by atoms with E-state index >= 15 is 0 Å². The predicted molar refractivity (Wildman–Crippen MR) is 56.0 cm³/mol. The summed E-state index contributed by atoms with van der Waals surface area (Å²) < 4.78 is 0. The van der Waals surface area contributed by atoms with Gasteiger partial charge in [0, 0.05) is 0 Å². The van der Waals surface area contributed by atoms with E-state index in [2.05, 4.69) is 5.10 Å². The first-order chi connectivity index (χ1) is 6.79. The molecule has 1 saturated carbocycles. The maximum Gasteiger partial charge on any atom is 0.190 e. The molecule has 0 heterocycles. The molecular formula is C10H18N2O2. The molecule has 0 saturated heterocycles. The van der Waals surface area contributed by atoms with Crippen LogP contribution in [0.15, 0.2) is 5.10 Å². The van der Waals surface area contributed by atoms with Gasteiger partial charge in [0.05, 0.1) is 10.8 Å². The van der Waals surface area contributed by atoms with E-state index in [1.165, 1.54) is 32.1 Å². The van der Waals surface area contributed by atoms with Crippen LogP contribution in [0.4, 0.5) is 0 Å². The summed E-state index contributed by atoms with van der Waals surface area (Å²) in [6.45, 7) is 0. The molecule has 1 rings (SSSR count). The van der Waals surface area contributed by atoms with Gasteiger partial charge in [0.25, 0.3) is 0 Å². The lowest BCUT2D eigenvalue weighted by atomic mass is 10.00. The van der Waals surface area contributed by atoms with Crippen molar-refractivity contribution in [1.82, 2.24) is 0 Å². The Bertz CT molecular complexity index is 202. The van der Waals surface area contributed by atoms with Crippen LogP contribution in [0, 0.1) is 10.1 Å². The second kappa shape index (κ2) is 6.51. The van der Waals surface area contributed by atoms with E-state index < -0.39 is 5.03 Å².